The SMILES string of the molecule is CCC(C)C(N=Cc1c(CO)cnc(C)c1O)C(=O)[O-].CCC(C)C(N=Cc1c(CO)cnc(C)c1O)C(=O)[O-].[Sn+2]. The van der Waals surface area contributed by atoms with Gasteiger partial charge in [-0.3, -0.25) is 20.0 Å². The molecule has 0 saturated heterocycles. The predicted octanol–water partition coefficient (Wildman–Crippen LogP) is -0.0380. The Labute approximate surface area is 256 Å². The third-order valence-corrected chi connectivity index (χ3v) is 6.63. The molecule has 2 rings (SSSR count). The molecule has 0 aromatic carbocycles. The molecule has 0 aliphatic rings. The molecule has 4 N–H and O–H groups in total. The molecule has 0 bridgehead atoms. The van der Waals surface area contributed by atoms with E-state index in [1.165, 1.54) is 24.8 Å². The first-order valence-electron chi connectivity index (χ1n) is 12.9. The summed E-state index contributed by atoms with van der Waals surface area (Å²) in [6, 6.07) is -1.97. The van der Waals surface area contributed by atoms with Crippen molar-refractivity contribution in [3.05, 3.63) is 46.0 Å². The molecule has 41 heavy (non-hydrogen) atoms. The summed E-state index contributed by atoms with van der Waals surface area (Å²) in [6.07, 6.45) is 6.67. The molecule has 0 saturated carbocycles. The first kappa shape index (κ1) is 37.9. The van der Waals surface area contributed by atoms with Crippen molar-refractivity contribution in [3.63, 3.8) is 0 Å². The van der Waals surface area contributed by atoms with Gasteiger partial charge in [0.2, 0.25) is 0 Å². The Morgan fingerprint density at radius 1 is 0.805 bits per heavy atom. The Morgan fingerprint density at radius 2 is 1.12 bits per heavy atom. The summed E-state index contributed by atoms with van der Waals surface area (Å²) in [4.78, 5) is 38.0. The van der Waals surface area contributed by atoms with Crippen molar-refractivity contribution in [1.82, 2.24) is 9.97 Å². The van der Waals surface area contributed by atoms with Crippen LogP contribution in [0.25, 0.3) is 0 Å². The number of hydrogen-bond acceptors (Lipinski definition) is 12. The second-order valence-electron chi connectivity index (χ2n) is 9.43. The number of carboxylic acids is 2. The number of aliphatic hydroxyl groups excluding tert-OH is 2. The molecule has 2 aromatic heterocycles. The number of hydrogen-bond donors (Lipinski definition) is 4. The number of aryl methyl sites for hydroxylation is 2. The molecule has 2 heterocycles. The van der Waals surface area contributed by atoms with Gasteiger partial charge in [0.25, 0.3) is 0 Å². The number of nitrogens with zero attached hydrogens (tertiary/aromatic N) is 4. The van der Waals surface area contributed by atoms with Gasteiger partial charge < -0.3 is 40.2 Å². The zero-order valence-corrected chi connectivity index (χ0v) is 27.0. The Kier molecular flexibility index (Phi) is 17.0. The Balaban J connectivity index is 0.000000762. The van der Waals surface area contributed by atoms with Gasteiger partial charge in [0.1, 0.15) is 11.5 Å². The van der Waals surface area contributed by atoms with E-state index in [4.69, 9.17) is 0 Å². The van der Waals surface area contributed by atoms with Crippen LogP contribution in [0.2, 0.25) is 0 Å². The van der Waals surface area contributed by atoms with Crippen LogP contribution in [0.4, 0.5) is 0 Å². The largest absolute Gasteiger partial charge is 2.00 e. The van der Waals surface area contributed by atoms with Crippen molar-refractivity contribution in [2.24, 2.45) is 21.8 Å². The van der Waals surface area contributed by atoms with Crippen molar-refractivity contribution < 1.29 is 40.2 Å². The summed E-state index contributed by atoms with van der Waals surface area (Å²) in [5.74, 6) is -3.10. The molecule has 0 spiro atoms. The van der Waals surface area contributed by atoms with Crippen molar-refractivity contribution in [2.45, 2.75) is 79.7 Å². The van der Waals surface area contributed by atoms with Crippen LogP contribution in [0.3, 0.4) is 0 Å². The maximum absolute atomic E-state index is 11.1. The second-order valence-corrected chi connectivity index (χ2v) is 9.43. The van der Waals surface area contributed by atoms with Gasteiger partial charge in [-0.2, -0.15) is 0 Å². The van der Waals surface area contributed by atoms with Gasteiger partial charge in [-0.15, -0.1) is 0 Å². The van der Waals surface area contributed by atoms with Crippen LogP contribution in [0.1, 0.15) is 74.2 Å². The third-order valence-electron chi connectivity index (χ3n) is 6.63. The molecule has 2 aromatic rings. The molecule has 4 atom stereocenters. The van der Waals surface area contributed by atoms with Gasteiger partial charge >= 0.3 is 23.9 Å². The molecule has 13 heteroatoms. The molecular weight excluding hydrogens is 639 g/mol. The average Bonchev–Trinajstić information content (AvgIpc) is 2.93. The van der Waals surface area contributed by atoms with E-state index in [9.17, 15) is 40.2 Å². The van der Waals surface area contributed by atoms with Crippen LogP contribution in [-0.2, 0) is 22.8 Å². The fraction of sp³-hybridized carbons (Fsp3) is 0.500. The van der Waals surface area contributed by atoms with Gasteiger partial charge in [0, 0.05) is 47.1 Å². The number of aromatic nitrogens is 2. The summed E-state index contributed by atoms with van der Waals surface area (Å²) in [6.45, 7) is 9.85. The summed E-state index contributed by atoms with van der Waals surface area (Å²) < 4.78 is 0. The van der Waals surface area contributed by atoms with Crippen LogP contribution in [0.5, 0.6) is 11.5 Å². The third kappa shape index (κ3) is 10.7. The number of aliphatic hydroxyl groups is 2. The smallest absolute Gasteiger partial charge is 0.548 e. The zero-order chi connectivity index (χ0) is 30.6. The number of aliphatic carboxylic acids is 2. The minimum absolute atomic E-state index is 0. The van der Waals surface area contributed by atoms with E-state index in [0.717, 1.165) is 0 Å². The van der Waals surface area contributed by atoms with E-state index in [-0.39, 0.29) is 71.6 Å². The molecule has 222 valence electrons. The number of carboxylic acid groups (broad SMARTS) is 2. The monoisotopic (exact) mass is 678 g/mol. The molecule has 0 fully saturated rings. The number of aromatic hydroxyl groups is 2. The Bertz CT molecular complexity index is 1130. The van der Waals surface area contributed by atoms with Crippen molar-refractivity contribution in [3.8, 4) is 11.5 Å². The average molecular weight is 677 g/mol. The van der Waals surface area contributed by atoms with Gasteiger partial charge in [-0.25, -0.2) is 0 Å². The van der Waals surface area contributed by atoms with Crippen LogP contribution < -0.4 is 10.2 Å². The molecule has 12 nitrogen and oxygen atoms in total. The van der Waals surface area contributed by atoms with E-state index in [0.29, 0.717) is 35.4 Å². The number of carbonyl (C=O) groups is 2. The van der Waals surface area contributed by atoms with Gasteiger partial charge in [0.15, 0.2) is 0 Å². The molecule has 2 radical (unpaired) electrons. The van der Waals surface area contributed by atoms with Crippen LogP contribution in [-0.4, -0.2) is 90.8 Å². The standard InChI is InChI=1S/2C14H20N2O4.Sn/c2*1-4-8(2)12(14(19)20)16-6-11-10(7-17)5-15-9(3)13(11)18;/h2*5-6,8,12,17-18H,4,7H2,1-3H3,(H,19,20);/q;;+2/p-2. The maximum Gasteiger partial charge on any atom is 2.00 e. The second kappa shape index (κ2) is 18.4. The number of carbonyl (C=O) groups excluding carboxylic acids is 2. The van der Waals surface area contributed by atoms with Gasteiger partial charge in [0.05, 0.1) is 48.6 Å². The van der Waals surface area contributed by atoms with Crippen LogP contribution in [0, 0.1) is 25.7 Å². The topological polar surface area (TPSA) is 212 Å². The maximum atomic E-state index is 11.1. The van der Waals surface area contributed by atoms with E-state index in [1.54, 1.807) is 27.7 Å². The number of pyridine rings is 2. The first-order valence-corrected chi connectivity index (χ1v) is 12.9. The number of aliphatic imine (C=N–C) groups is 2. The van der Waals surface area contributed by atoms with E-state index >= 15 is 0 Å². The molecule has 0 aliphatic carbocycles. The van der Waals surface area contributed by atoms with Crippen molar-refractivity contribution in [1.29, 1.82) is 0 Å². The molecule has 0 aliphatic heterocycles. The van der Waals surface area contributed by atoms with Crippen molar-refractivity contribution >= 4 is 48.3 Å². The molecule has 4 unspecified atom stereocenters. The fourth-order valence-electron chi connectivity index (χ4n) is 3.48. The van der Waals surface area contributed by atoms with Crippen LogP contribution in [0.15, 0.2) is 22.4 Å². The minimum Gasteiger partial charge on any atom is -0.548 e. The van der Waals surface area contributed by atoms with Crippen LogP contribution >= 0.6 is 0 Å². The zero-order valence-electron chi connectivity index (χ0n) is 24.2. The van der Waals surface area contributed by atoms with Gasteiger partial charge in [-0.1, -0.05) is 40.5 Å². The number of rotatable bonds is 12. The first-order chi connectivity index (χ1) is 18.8. The Morgan fingerprint density at radius 3 is 1.37 bits per heavy atom. The van der Waals surface area contributed by atoms with Gasteiger partial charge in [-0.05, 0) is 25.7 Å². The Hall–Kier alpha value is -3.10. The molecule has 0 amide bonds. The summed E-state index contributed by atoms with van der Waals surface area (Å²) in [7, 11) is 0. The summed E-state index contributed by atoms with van der Waals surface area (Å²) in [5.41, 5.74) is 2.12. The quantitative estimate of drug-likeness (QED) is 0.174. The predicted molar refractivity (Wildman–Crippen MR) is 151 cm³/mol. The fourth-order valence-corrected chi connectivity index (χ4v) is 3.48. The molecular formula is C28H38N4O8Sn. The summed E-state index contributed by atoms with van der Waals surface area (Å²) in [5, 5.41) is 60.5. The van der Waals surface area contributed by atoms with Crippen molar-refractivity contribution in [2.75, 3.05) is 0 Å². The van der Waals surface area contributed by atoms with E-state index < -0.39 is 24.0 Å². The minimum atomic E-state index is -1.26. The summed E-state index contributed by atoms with van der Waals surface area (Å²) >= 11 is 0. The van der Waals surface area contributed by atoms with E-state index in [2.05, 4.69) is 20.0 Å². The van der Waals surface area contributed by atoms with E-state index in [1.807, 2.05) is 13.8 Å². The normalized spacial score (nSPS) is 14.0.